The van der Waals surface area contributed by atoms with Crippen LogP contribution in [0.2, 0.25) is 0 Å². The Morgan fingerprint density at radius 2 is 1.82 bits per heavy atom. The highest BCUT2D eigenvalue weighted by Gasteiger charge is 2.23. The fourth-order valence-electron chi connectivity index (χ4n) is 0.782. The predicted molar refractivity (Wildman–Crippen MR) is 72.3 cm³/mol. The van der Waals surface area contributed by atoms with Crippen molar-refractivity contribution in [3.63, 3.8) is 0 Å². The summed E-state index contributed by atoms with van der Waals surface area (Å²) in [5.74, 6) is -0.410. The molecule has 0 rings (SSSR count). The van der Waals surface area contributed by atoms with Crippen LogP contribution in [0.4, 0.5) is 4.79 Å². The highest BCUT2D eigenvalue weighted by Crippen LogP contribution is 2.60. The maximum absolute atomic E-state index is 11.5. The highest BCUT2D eigenvalue weighted by atomic mass is 32.9. The molecule has 0 bridgehead atoms. The first-order valence-corrected chi connectivity index (χ1v) is 9.18. The summed E-state index contributed by atoms with van der Waals surface area (Å²) >= 11 is 6.32. The maximum atomic E-state index is 11.5. The zero-order valence-corrected chi connectivity index (χ0v) is 12.6. The van der Waals surface area contributed by atoms with Gasteiger partial charge in [0.1, 0.15) is 0 Å². The molecule has 9 heteroatoms. The molecule has 0 saturated heterocycles. The number of nitrogens with two attached hydrogens (primary N) is 1. The molecule has 0 aliphatic rings. The molecule has 0 spiro atoms. The van der Waals surface area contributed by atoms with E-state index in [2.05, 4.69) is 0 Å². The van der Waals surface area contributed by atoms with Crippen LogP contribution in [0.25, 0.3) is 0 Å². The molecule has 0 fully saturated rings. The number of carbonyl (C=O) groups is 2. The molecule has 100 valence electrons. The van der Waals surface area contributed by atoms with Crippen LogP contribution in [0.5, 0.6) is 0 Å². The zero-order valence-electron chi connectivity index (χ0n) is 10.0. The Kier molecular flexibility index (Phi) is 7.98. The van der Waals surface area contributed by atoms with Gasteiger partial charge in [-0.2, -0.15) is 0 Å². The van der Waals surface area contributed by atoms with Crippen molar-refractivity contribution < 1.29 is 18.6 Å². The third-order valence-electron chi connectivity index (χ3n) is 1.63. The van der Waals surface area contributed by atoms with Gasteiger partial charge in [-0.1, -0.05) is 11.4 Å². The summed E-state index contributed by atoms with van der Waals surface area (Å²) in [6.07, 6.45) is 0. The first-order chi connectivity index (χ1) is 7.86. The van der Waals surface area contributed by atoms with Crippen molar-refractivity contribution in [1.29, 1.82) is 0 Å². The monoisotopic (exact) mass is 300 g/mol. The number of nitrogens with zero attached hydrogens (tertiary/aromatic N) is 1. The van der Waals surface area contributed by atoms with Crippen LogP contribution in [0.3, 0.4) is 0 Å². The van der Waals surface area contributed by atoms with Crippen molar-refractivity contribution in [2.45, 2.75) is 13.8 Å². The first-order valence-electron chi connectivity index (χ1n) is 4.96. The van der Waals surface area contributed by atoms with E-state index in [1.165, 1.54) is 7.05 Å². The molecule has 0 aromatic rings. The Bertz CT molecular complexity index is 317. The smallest absolute Gasteiger partial charge is 0.321 e. The molecular weight excluding hydrogens is 283 g/mol. The summed E-state index contributed by atoms with van der Waals surface area (Å²) in [4.78, 5) is 23.1. The third-order valence-corrected chi connectivity index (χ3v) is 7.02. The average Bonchev–Trinajstić information content (AvgIpc) is 2.25. The van der Waals surface area contributed by atoms with E-state index in [1.54, 1.807) is 13.8 Å². The summed E-state index contributed by atoms with van der Waals surface area (Å²) < 4.78 is 10.7. The Morgan fingerprint density at radius 3 is 2.18 bits per heavy atom. The Labute approximate surface area is 110 Å². The average molecular weight is 300 g/mol. The first kappa shape index (κ1) is 16.9. The van der Waals surface area contributed by atoms with Crippen LogP contribution in [0, 0.1) is 0 Å². The van der Waals surface area contributed by atoms with Crippen LogP contribution < -0.4 is 5.73 Å². The van der Waals surface area contributed by atoms with Crippen molar-refractivity contribution in [2.75, 3.05) is 26.0 Å². The van der Waals surface area contributed by atoms with Crippen molar-refractivity contribution in [3.05, 3.63) is 0 Å². The van der Waals surface area contributed by atoms with Gasteiger partial charge in [-0.25, -0.2) is 4.79 Å². The van der Waals surface area contributed by atoms with Gasteiger partial charge in [0.2, 0.25) is 11.6 Å². The largest absolute Gasteiger partial charge is 0.351 e. The van der Waals surface area contributed by atoms with Crippen LogP contribution >= 0.6 is 17.1 Å². The van der Waals surface area contributed by atoms with E-state index in [4.69, 9.17) is 26.6 Å². The summed E-state index contributed by atoms with van der Waals surface area (Å²) in [6, 6.07) is -0.795. The fourth-order valence-corrected chi connectivity index (χ4v) is 5.09. The quantitative estimate of drug-likeness (QED) is 0.718. The number of hydrogen-bond donors (Lipinski definition) is 1. The minimum atomic E-state index is -2.49. The molecule has 0 aliphatic carbocycles. The second kappa shape index (κ2) is 8.05. The Morgan fingerprint density at radius 1 is 1.35 bits per heavy atom. The minimum Gasteiger partial charge on any atom is -0.351 e. The molecule has 0 unspecified atom stereocenters. The van der Waals surface area contributed by atoms with E-state index < -0.39 is 17.6 Å². The number of imide groups is 1. The predicted octanol–water partition coefficient (Wildman–Crippen LogP) is 1.55. The van der Waals surface area contributed by atoms with Gasteiger partial charge in [0.25, 0.3) is 0 Å². The van der Waals surface area contributed by atoms with E-state index in [0.717, 1.165) is 16.3 Å². The lowest BCUT2D eigenvalue weighted by molar-refractivity contribution is -0.124. The second-order valence-corrected chi connectivity index (χ2v) is 9.16. The SMILES string of the molecule is CCOP(=S)(OCC)SCC(=O)N(C)C(N)=O. The van der Waals surface area contributed by atoms with Crippen molar-refractivity contribution in [3.8, 4) is 0 Å². The van der Waals surface area contributed by atoms with Crippen molar-refractivity contribution in [2.24, 2.45) is 5.73 Å². The van der Waals surface area contributed by atoms with Crippen molar-refractivity contribution >= 4 is 40.8 Å². The summed E-state index contributed by atoms with van der Waals surface area (Å²) in [5.41, 5.74) is 2.48. The third kappa shape index (κ3) is 6.38. The van der Waals surface area contributed by atoms with Gasteiger partial charge in [0, 0.05) is 7.05 Å². The number of urea groups is 1. The van der Waals surface area contributed by atoms with Gasteiger partial charge in [-0.3, -0.25) is 9.69 Å². The van der Waals surface area contributed by atoms with E-state index in [0.29, 0.717) is 13.2 Å². The molecule has 17 heavy (non-hydrogen) atoms. The maximum Gasteiger partial charge on any atom is 0.321 e. The van der Waals surface area contributed by atoms with E-state index in [1.807, 2.05) is 0 Å². The number of primary amides is 1. The molecule has 0 heterocycles. The number of rotatable bonds is 7. The lowest BCUT2D eigenvalue weighted by Gasteiger charge is -2.20. The van der Waals surface area contributed by atoms with Gasteiger partial charge < -0.3 is 14.8 Å². The Balaban J connectivity index is 4.36. The standard InChI is InChI=1S/C8H17N2O4PS2/c1-4-13-15(16,14-5-2)17-6-7(11)10(3)8(9)12/h4-6H2,1-3H3,(H2,9,12). The van der Waals surface area contributed by atoms with Crippen LogP contribution in [-0.4, -0.2) is 42.9 Å². The lowest BCUT2D eigenvalue weighted by Crippen LogP contribution is -2.38. The lowest BCUT2D eigenvalue weighted by atomic mass is 10.6. The van der Waals surface area contributed by atoms with Gasteiger partial charge in [-0.15, -0.1) is 0 Å². The van der Waals surface area contributed by atoms with E-state index in [-0.39, 0.29) is 5.75 Å². The van der Waals surface area contributed by atoms with Crippen molar-refractivity contribution in [1.82, 2.24) is 4.90 Å². The molecule has 0 saturated carbocycles. The molecule has 2 N–H and O–H groups in total. The Hall–Kier alpha value is -0.140. The van der Waals surface area contributed by atoms with E-state index in [9.17, 15) is 9.59 Å². The molecule has 3 amide bonds. The zero-order chi connectivity index (χ0) is 13.5. The van der Waals surface area contributed by atoms with Crippen LogP contribution in [0.15, 0.2) is 0 Å². The van der Waals surface area contributed by atoms with E-state index >= 15 is 0 Å². The van der Waals surface area contributed by atoms with Gasteiger partial charge in [0.15, 0.2) is 0 Å². The number of hydrogen-bond acceptors (Lipinski definition) is 6. The molecule has 0 aliphatic heterocycles. The van der Waals surface area contributed by atoms with Crippen LogP contribution in [-0.2, 0) is 25.6 Å². The van der Waals surface area contributed by atoms with Crippen LogP contribution in [0.1, 0.15) is 13.8 Å². The van der Waals surface area contributed by atoms with Gasteiger partial charge in [0.05, 0.1) is 19.0 Å². The number of carbonyl (C=O) groups excluding carboxylic acids is 2. The topological polar surface area (TPSA) is 81.9 Å². The summed E-state index contributed by atoms with van der Waals surface area (Å²) in [6.45, 7) is 4.45. The van der Waals surface area contributed by atoms with Gasteiger partial charge >= 0.3 is 6.03 Å². The number of amides is 3. The fraction of sp³-hybridized carbons (Fsp3) is 0.750. The summed E-state index contributed by atoms with van der Waals surface area (Å²) in [5, 5.41) is 0. The molecule has 0 atom stereocenters. The highest BCUT2D eigenvalue weighted by molar-refractivity contribution is 8.68. The second-order valence-electron chi connectivity index (χ2n) is 2.85. The normalized spacial score (nSPS) is 11.2. The molecule has 0 aromatic heterocycles. The minimum absolute atomic E-state index is 0.0106. The molecular formula is C8H17N2O4PS2. The van der Waals surface area contributed by atoms with Gasteiger partial charge in [-0.05, 0) is 25.7 Å². The molecule has 0 radical (unpaired) electrons. The molecule has 0 aromatic carbocycles. The summed E-state index contributed by atoms with van der Waals surface area (Å²) in [7, 11) is 1.32. The molecule has 6 nitrogen and oxygen atoms in total.